The molecule has 2 aliphatic heterocycles. The predicted octanol–water partition coefficient (Wildman–Crippen LogP) is 2.32. The van der Waals surface area contributed by atoms with E-state index >= 15 is 0 Å². The van der Waals surface area contributed by atoms with Crippen LogP contribution in [0.2, 0.25) is 0 Å². The standard InChI is InChI=1S/C16H33N3/c1-4-17-14(2)7-5-6-11-19-12-10-15-8-9-16(13-19)18(15)3/h14-17H,4-13H2,1-3H3. The van der Waals surface area contributed by atoms with Gasteiger partial charge in [-0.15, -0.1) is 0 Å². The van der Waals surface area contributed by atoms with Crippen molar-refractivity contribution in [2.45, 2.75) is 70.5 Å². The van der Waals surface area contributed by atoms with Gasteiger partial charge >= 0.3 is 0 Å². The number of nitrogens with one attached hydrogen (secondary N) is 1. The van der Waals surface area contributed by atoms with Crippen LogP contribution in [-0.2, 0) is 0 Å². The molecule has 0 aromatic rings. The molecule has 2 saturated heterocycles. The van der Waals surface area contributed by atoms with Crippen LogP contribution in [0.5, 0.6) is 0 Å². The van der Waals surface area contributed by atoms with Gasteiger partial charge in [-0.3, -0.25) is 4.90 Å². The van der Waals surface area contributed by atoms with Crippen LogP contribution in [0.25, 0.3) is 0 Å². The fraction of sp³-hybridized carbons (Fsp3) is 1.00. The van der Waals surface area contributed by atoms with Gasteiger partial charge in [0.15, 0.2) is 0 Å². The van der Waals surface area contributed by atoms with Crippen molar-refractivity contribution >= 4 is 0 Å². The molecule has 2 heterocycles. The van der Waals surface area contributed by atoms with Gasteiger partial charge in [0.2, 0.25) is 0 Å². The Labute approximate surface area is 119 Å². The van der Waals surface area contributed by atoms with Crippen molar-refractivity contribution < 1.29 is 0 Å². The molecule has 3 unspecified atom stereocenters. The molecule has 0 aliphatic carbocycles. The Hall–Kier alpha value is -0.120. The summed E-state index contributed by atoms with van der Waals surface area (Å²) in [6.45, 7) is 9.56. The Morgan fingerprint density at radius 1 is 1.16 bits per heavy atom. The van der Waals surface area contributed by atoms with Gasteiger partial charge in [0.1, 0.15) is 0 Å². The molecular weight excluding hydrogens is 234 g/mol. The Balaban J connectivity index is 1.61. The predicted molar refractivity (Wildman–Crippen MR) is 82.6 cm³/mol. The number of nitrogens with zero attached hydrogens (tertiary/aromatic N) is 2. The molecule has 3 atom stereocenters. The second-order valence-electron chi connectivity index (χ2n) is 6.59. The van der Waals surface area contributed by atoms with Gasteiger partial charge in [0.25, 0.3) is 0 Å². The normalized spacial score (nSPS) is 30.5. The molecule has 2 bridgehead atoms. The topological polar surface area (TPSA) is 18.5 Å². The molecule has 3 heteroatoms. The van der Waals surface area contributed by atoms with E-state index < -0.39 is 0 Å². The first-order valence-corrected chi connectivity index (χ1v) is 8.38. The minimum Gasteiger partial charge on any atom is -0.315 e. The van der Waals surface area contributed by atoms with E-state index in [1.807, 2.05) is 0 Å². The van der Waals surface area contributed by atoms with E-state index in [1.54, 1.807) is 0 Å². The van der Waals surface area contributed by atoms with E-state index in [1.165, 1.54) is 58.2 Å². The Morgan fingerprint density at radius 3 is 2.74 bits per heavy atom. The van der Waals surface area contributed by atoms with E-state index in [2.05, 4.69) is 36.0 Å². The molecule has 0 radical (unpaired) electrons. The van der Waals surface area contributed by atoms with E-state index in [4.69, 9.17) is 0 Å². The lowest BCUT2D eigenvalue weighted by Crippen LogP contribution is -2.37. The highest BCUT2D eigenvalue weighted by Gasteiger charge is 2.34. The van der Waals surface area contributed by atoms with Crippen LogP contribution in [0, 0.1) is 0 Å². The monoisotopic (exact) mass is 267 g/mol. The Morgan fingerprint density at radius 2 is 1.95 bits per heavy atom. The average Bonchev–Trinajstić information content (AvgIpc) is 2.62. The summed E-state index contributed by atoms with van der Waals surface area (Å²) in [5, 5.41) is 3.50. The van der Waals surface area contributed by atoms with E-state index in [0.29, 0.717) is 6.04 Å². The van der Waals surface area contributed by atoms with Gasteiger partial charge in [-0.25, -0.2) is 0 Å². The molecule has 0 aromatic heterocycles. The lowest BCUT2D eigenvalue weighted by Gasteiger charge is -2.25. The fourth-order valence-electron chi connectivity index (χ4n) is 3.82. The molecule has 0 saturated carbocycles. The fourth-order valence-corrected chi connectivity index (χ4v) is 3.82. The molecule has 1 N–H and O–H groups in total. The molecule has 0 aromatic carbocycles. The van der Waals surface area contributed by atoms with Gasteiger partial charge in [-0.05, 0) is 65.7 Å². The maximum absolute atomic E-state index is 3.50. The van der Waals surface area contributed by atoms with Crippen LogP contribution in [0.3, 0.4) is 0 Å². The maximum Gasteiger partial charge on any atom is 0.0223 e. The number of hydrogen-bond donors (Lipinski definition) is 1. The second-order valence-corrected chi connectivity index (χ2v) is 6.59. The van der Waals surface area contributed by atoms with Crippen LogP contribution < -0.4 is 5.32 Å². The van der Waals surface area contributed by atoms with Crippen molar-refractivity contribution in [1.82, 2.24) is 15.1 Å². The molecule has 19 heavy (non-hydrogen) atoms. The van der Waals surface area contributed by atoms with Crippen LogP contribution in [0.1, 0.15) is 52.4 Å². The van der Waals surface area contributed by atoms with Crippen molar-refractivity contribution in [3.8, 4) is 0 Å². The van der Waals surface area contributed by atoms with Crippen molar-refractivity contribution in [3.63, 3.8) is 0 Å². The molecule has 2 rings (SSSR count). The number of unbranched alkanes of at least 4 members (excludes halogenated alkanes) is 1. The summed E-state index contributed by atoms with van der Waals surface area (Å²) in [6.07, 6.45) is 8.32. The smallest absolute Gasteiger partial charge is 0.0223 e. The maximum atomic E-state index is 3.50. The summed E-state index contributed by atoms with van der Waals surface area (Å²) in [7, 11) is 2.34. The first-order chi connectivity index (χ1) is 9.20. The molecule has 2 aliphatic rings. The number of likely N-dealkylation sites (N-methyl/N-ethyl adjacent to an activating group) is 1. The lowest BCUT2D eigenvalue weighted by molar-refractivity contribution is 0.216. The van der Waals surface area contributed by atoms with Gasteiger partial charge < -0.3 is 10.2 Å². The number of fused-ring (bicyclic) bond motifs is 2. The summed E-state index contributed by atoms with van der Waals surface area (Å²) in [5.41, 5.74) is 0. The SMILES string of the molecule is CCNC(C)CCCCN1CCC2CCC(C1)N2C. The van der Waals surface area contributed by atoms with Crippen molar-refractivity contribution in [2.24, 2.45) is 0 Å². The molecule has 0 spiro atoms. The summed E-state index contributed by atoms with van der Waals surface area (Å²) < 4.78 is 0. The zero-order valence-corrected chi connectivity index (χ0v) is 13.2. The number of rotatable bonds is 7. The average molecular weight is 267 g/mol. The highest BCUT2D eigenvalue weighted by atomic mass is 15.3. The molecule has 0 amide bonds. The van der Waals surface area contributed by atoms with E-state index in [0.717, 1.165) is 18.6 Å². The van der Waals surface area contributed by atoms with Crippen molar-refractivity contribution in [3.05, 3.63) is 0 Å². The largest absolute Gasteiger partial charge is 0.315 e. The molecule has 3 nitrogen and oxygen atoms in total. The van der Waals surface area contributed by atoms with Gasteiger partial charge in [0, 0.05) is 24.7 Å². The first kappa shape index (κ1) is 15.3. The number of likely N-dealkylation sites (tertiary alicyclic amines) is 1. The van der Waals surface area contributed by atoms with Crippen LogP contribution >= 0.6 is 0 Å². The van der Waals surface area contributed by atoms with Gasteiger partial charge in [0.05, 0.1) is 0 Å². The summed E-state index contributed by atoms with van der Waals surface area (Å²) in [5.74, 6) is 0. The minimum atomic E-state index is 0.691. The number of hydrogen-bond acceptors (Lipinski definition) is 3. The minimum absolute atomic E-state index is 0.691. The molecular formula is C16H33N3. The molecule has 112 valence electrons. The summed E-state index contributed by atoms with van der Waals surface area (Å²) >= 11 is 0. The van der Waals surface area contributed by atoms with Gasteiger partial charge in [-0.2, -0.15) is 0 Å². The zero-order chi connectivity index (χ0) is 13.7. The summed E-state index contributed by atoms with van der Waals surface area (Å²) in [6, 6.07) is 2.41. The van der Waals surface area contributed by atoms with E-state index in [-0.39, 0.29) is 0 Å². The van der Waals surface area contributed by atoms with Crippen LogP contribution in [0.4, 0.5) is 0 Å². The Kier molecular flexibility index (Phi) is 6.11. The van der Waals surface area contributed by atoms with Crippen molar-refractivity contribution in [1.29, 1.82) is 0 Å². The third-order valence-corrected chi connectivity index (χ3v) is 5.15. The third-order valence-electron chi connectivity index (χ3n) is 5.15. The van der Waals surface area contributed by atoms with Crippen LogP contribution in [0.15, 0.2) is 0 Å². The lowest BCUT2D eigenvalue weighted by atomic mass is 10.1. The first-order valence-electron chi connectivity index (χ1n) is 8.38. The third kappa shape index (κ3) is 4.44. The van der Waals surface area contributed by atoms with Gasteiger partial charge in [-0.1, -0.05) is 13.3 Å². The second kappa shape index (κ2) is 7.61. The highest BCUT2D eigenvalue weighted by Crippen LogP contribution is 2.28. The highest BCUT2D eigenvalue weighted by molar-refractivity contribution is 4.90. The quantitative estimate of drug-likeness (QED) is 0.714. The zero-order valence-electron chi connectivity index (χ0n) is 13.2. The Bertz CT molecular complexity index is 256. The van der Waals surface area contributed by atoms with E-state index in [9.17, 15) is 0 Å². The van der Waals surface area contributed by atoms with Crippen molar-refractivity contribution in [2.75, 3.05) is 33.2 Å². The molecule has 2 fully saturated rings. The van der Waals surface area contributed by atoms with Crippen LogP contribution in [-0.4, -0.2) is 61.2 Å². The summed E-state index contributed by atoms with van der Waals surface area (Å²) in [4.78, 5) is 5.37.